The van der Waals surface area contributed by atoms with Gasteiger partial charge in [0.05, 0.1) is 16.3 Å². The van der Waals surface area contributed by atoms with E-state index in [9.17, 15) is 16.8 Å². The second kappa shape index (κ2) is 9.10. The van der Waals surface area contributed by atoms with Gasteiger partial charge in [0.1, 0.15) is 10.4 Å². The van der Waals surface area contributed by atoms with Gasteiger partial charge in [-0.1, -0.05) is 29.8 Å². The lowest BCUT2D eigenvalue weighted by Gasteiger charge is -2.12. The third kappa shape index (κ3) is 4.90. The number of rotatable bonds is 8. The van der Waals surface area contributed by atoms with Crippen LogP contribution in [0.3, 0.4) is 0 Å². The summed E-state index contributed by atoms with van der Waals surface area (Å²) in [5, 5.41) is 7.79. The van der Waals surface area contributed by atoms with Gasteiger partial charge in [0, 0.05) is 15.7 Å². The van der Waals surface area contributed by atoms with Gasteiger partial charge in [-0.25, -0.2) is 21.5 Å². The van der Waals surface area contributed by atoms with Crippen LogP contribution in [0.25, 0.3) is 11.0 Å². The monoisotopic (exact) mass is 509 g/mol. The summed E-state index contributed by atoms with van der Waals surface area (Å²) in [6, 6.07) is 17.3. The summed E-state index contributed by atoms with van der Waals surface area (Å²) in [6.07, 6.45) is 0. The van der Waals surface area contributed by atoms with Gasteiger partial charge in [0.25, 0.3) is 10.0 Å². The van der Waals surface area contributed by atoms with Crippen molar-refractivity contribution in [2.75, 3.05) is 16.2 Å². The molecule has 0 saturated heterocycles. The molecule has 0 atom stereocenters. The Balaban J connectivity index is 1.51. The van der Waals surface area contributed by atoms with Crippen LogP contribution in [0, 0.1) is 0 Å². The van der Waals surface area contributed by atoms with Gasteiger partial charge < -0.3 is 0 Å². The van der Waals surface area contributed by atoms with E-state index in [2.05, 4.69) is 19.7 Å². The SMILES string of the molecule is O=S(=O)(CCSc1ccccc1NS(=O)(=O)c1cccc2nonc12)c1ccc(Cl)cc1. The van der Waals surface area contributed by atoms with Crippen molar-refractivity contribution in [3.8, 4) is 0 Å². The number of thioether (sulfide) groups is 1. The van der Waals surface area contributed by atoms with Crippen LogP contribution in [0.1, 0.15) is 0 Å². The van der Waals surface area contributed by atoms with E-state index in [4.69, 9.17) is 11.6 Å². The molecule has 0 amide bonds. The first-order valence-electron chi connectivity index (χ1n) is 9.20. The largest absolute Gasteiger partial charge is 0.278 e. The molecular weight excluding hydrogens is 494 g/mol. The smallest absolute Gasteiger partial charge is 0.264 e. The lowest BCUT2D eigenvalue weighted by atomic mass is 10.3. The summed E-state index contributed by atoms with van der Waals surface area (Å²) in [6.45, 7) is 0. The Kier molecular flexibility index (Phi) is 6.42. The van der Waals surface area contributed by atoms with E-state index in [1.54, 1.807) is 36.4 Å². The molecule has 0 aliphatic heterocycles. The number of benzene rings is 3. The molecule has 166 valence electrons. The number of aromatic nitrogens is 2. The Morgan fingerprint density at radius 3 is 2.44 bits per heavy atom. The standard InChI is InChI=1S/C20H16ClN3O5S3/c21-14-8-10-15(11-9-14)31(25,26)13-12-30-18-6-2-1-4-16(18)24-32(27,28)19-7-3-5-17-20(19)23-29-22-17/h1-11,24H,12-13H2. The van der Waals surface area contributed by atoms with Crippen LogP contribution in [0.4, 0.5) is 5.69 Å². The van der Waals surface area contributed by atoms with Crippen LogP contribution in [-0.2, 0) is 19.9 Å². The van der Waals surface area contributed by atoms with E-state index in [-0.39, 0.29) is 26.8 Å². The number of anilines is 1. The maximum atomic E-state index is 13.0. The van der Waals surface area contributed by atoms with Gasteiger partial charge in [-0.2, -0.15) is 0 Å². The minimum Gasteiger partial charge on any atom is -0.278 e. The zero-order chi connectivity index (χ0) is 22.8. The summed E-state index contributed by atoms with van der Waals surface area (Å²) in [5.74, 6) is 0.108. The van der Waals surface area contributed by atoms with Crippen LogP contribution in [0.2, 0.25) is 5.02 Å². The number of nitrogens with zero attached hydrogens (tertiary/aromatic N) is 2. The Bertz CT molecular complexity index is 1470. The van der Waals surface area contributed by atoms with Crippen LogP contribution in [0.15, 0.2) is 86.0 Å². The molecule has 3 aromatic carbocycles. The minimum absolute atomic E-state index is 0.0682. The van der Waals surface area contributed by atoms with Crippen molar-refractivity contribution < 1.29 is 21.5 Å². The van der Waals surface area contributed by atoms with Crippen molar-refractivity contribution in [2.45, 2.75) is 14.7 Å². The highest BCUT2D eigenvalue weighted by molar-refractivity contribution is 8.01. The maximum Gasteiger partial charge on any atom is 0.264 e. The van der Waals surface area contributed by atoms with Gasteiger partial charge in [0.2, 0.25) is 0 Å². The first kappa shape index (κ1) is 22.6. The third-order valence-electron chi connectivity index (χ3n) is 4.45. The summed E-state index contributed by atoms with van der Waals surface area (Å²) < 4.78 is 58.2. The first-order valence-corrected chi connectivity index (χ1v) is 13.7. The van der Waals surface area contributed by atoms with Crippen molar-refractivity contribution in [1.29, 1.82) is 0 Å². The molecule has 4 rings (SSSR count). The fraction of sp³-hybridized carbons (Fsp3) is 0.100. The summed E-state index contributed by atoms with van der Waals surface area (Å²) >= 11 is 7.05. The highest BCUT2D eigenvalue weighted by atomic mass is 35.5. The van der Waals surface area contributed by atoms with Crippen molar-refractivity contribution in [3.05, 3.63) is 71.8 Å². The third-order valence-corrected chi connectivity index (χ3v) is 9.17. The van der Waals surface area contributed by atoms with Crippen LogP contribution >= 0.6 is 23.4 Å². The summed E-state index contributed by atoms with van der Waals surface area (Å²) in [4.78, 5) is 0.708. The highest BCUT2D eigenvalue weighted by Gasteiger charge is 2.22. The zero-order valence-corrected chi connectivity index (χ0v) is 19.5. The average Bonchev–Trinajstić information content (AvgIpc) is 3.24. The molecular formula is C20H16ClN3O5S3. The average molecular weight is 510 g/mol. The van der Waals surface area contributed by atoms with Gasteiger partial charge in [-0.05, 0) is 58.8 Å². The minimum atomic E-state index is -3.99. The normalized spacial score (nSPS) is 12.2. The lowest BCUT2D eigenvalue weighted by Crippen LogP contribution is -2.14. The fourth-order valence-electron chi connectivity index (χ4n) is 2.90. The van der Waals surface area contributed by atoms with E-state index < -0.39 is 19.9 Å². The van der Waals surface area contributed by atoms with Crippen LogP contribution in [0.5, 0.6) is 0 Å². The topological polar surface area (TPSA) is 119 Å². The van der Waals surface area contributed by atoms with Gasteiger partial charge in [-0.3, -0.25) is 4.72 Å². The molecule has 4 aromatic rings. The number of nitrogens with one attached hydrogen (secondary N) is 1. The predicted octanol–water partition coefficient (Wildman–Crippen LogP) is 4.24. The number of para-hydroxylation sites is 1. The molecule has 1 N–H and O–H groups in total. The Hall–Kier alpha value is -2.60. The number of sulfonamides is 1. The molecule has 12 heteroatoms. The van der Waals surface area contributed by atoms with Crippen LogP contribution < -0.4 is 4.72 Å². The maximum absolute atomic E-state index is 13.0. The number of hydrogen-bond acceptors (Lipinski definition) is 8. The number of sulfone groups is 1. The van der Waals surface area contributed by atoms with E-state index in [0.29, 0.717) is 21.1 Å². The van der Waals surface area contributed by atoms with Crippen molar-refractivity contribution in [2.24, 2.45) is 0 Å². The van der Waals surface area contributed by atoms with Gasteiger partial charge in [0.15, 0.2) is 15.4 Å². The second-order valence-corrected chi connectivity index (χ2v) is 11.9. The van der Waals surface area contributed by atoms with E-state index in [0.717, 1.165) is 0 Å². The molecule has 32 heavy (non-hydrogen) atoms. The molecule has 0 aliphatic rings. The number of fused-ring (bicyclic) bond motifs is 1. The molecule has 0 aliphatic carbocycles. The Morgan fingerprint density at radius 2 is 1.66 bits per heavy atom. The molecule has 1 aromatic heterocycles. The van der Waals surface area contributed by atoms with Gasteiger partial charge >= 0.3 is 0 Å². The quantitative estimate of drug-likeness (QED) is 0.350. The molecule has 0 fully saturated rings. The molecule has 8 nitrogen and oxygen atoms in total. The van der Waals surface area contributed by atoms with Crippen molar-refractivity contribution in [1.82, 2.24) is 10.3 Å². The van der Waals surface area contributed by atoms with Crippen LogP contribution in [-0.4, -0.2) is 38.7 Å². The second-order valence-electron chi connectivity index (χ2n) is 6.61. The molecule has 0 saturated carbocycles. The lowest BCUT2D eigenvalue weighted by molar-refractivity contribution is 0.315. The Morgan fingerprint density at radius 1 is 0.906 bits per heavy atom. The van der Waals surface area contributed by atoms with E-state index in [1.165, 1.54) is 42.1 Å². The molecule has 0 spiro atoms. The zero-order valence-electron chi connectivity index (χ0n) is 16.3. The molecule has 1 heterocycles. The summed E-state index contributed by atoms with van der Waals surface area (Å²) in [5.41, 5.74) is 0.775. The van der Waals surface area contributed by atoms with Crippen molar-refractivity contribution in [3.63, 3.8) is 0 Å². The number of halogens is 1. The number of hydrogen-bond donors (Lipinski definition) is 1. The fourth-order valence-corrected chi connectivity index (χ4v) is 6.98. The Labute approximate surface area is 193 Å². The van der Waals surface area contributed by atoms with Crippen molar-refractivity contribution >= 4 is 59.9 Å². The molecule has 0 bridgehead atoms. The van der Waals surface area contributed by atoms with E-state index >= 15 is 0 Å². The van der Waals surface area contributed by atoms with E-state index in [1.807, 2.05) is 0 Å². The highest BCUT2D eigenvalue weighted by Crippen LogP contribution is 2.30. The molecule has 0 radical (unpaired) electrons. The molecule has 0 unspecified atom stereocenters. The summed E-state index contributed by atoms with van der Waals surface area (Å²) in [7, 11) is -7.49. The predicted molar refractivity (Wildman–Crippen MR) is 123 cm³/mol. The van der Waals surface area contributed by atoms with Gasteiger partial charge in [-0.15, -0.1) is 11.8 Å². The first-order chi connectivity index (χ1) is 15.3.